The summed E-state index contributed by atoms with van der Waals surface area (Å²) in [5.74, 6) is -0.163. The SMILES string of the molecule is CCOC(=O)CCc1c(C)[nH]c(NC(=O)NCCCCCC(C)=O)nc1=O. The van der Waals surface area contributed by atoms with Gasteiger partial charge in [-0.3, -0.25) is 14.9 Å². The summed E-state index contributed by atoms with van der Waals surface area (Å²) < 4.78 is 4.84. The predicted molar refractivity (Wildman–Crippen MR) is 101 cm³/mol. The van der Waals surface area contributed by atoms with Crippen molar-refractivity contribution < 1.29 is 19.1 Å². The Morgan fingerprint density at radius 1 is 1.15 bits per heavy atom. The molecule has 1 aromatic heterocycles. The van der Waals surface area contributed by atoms with Crippen molar-refractivity contribution in [3.63, 3.8) is 0 Å². The first-order valence-corrected chi connectivity index (χ1v) is 9.13. The van der Waals surface area contributed by atoms with Crippen LogP contribution in [-0.2, 0) is 20.7 Å². The smallest absolute Gasteiger partial charge is 0.321 e. The molecule has 3 N–H and O–H groups in total. The van der Waals surface area contributed by atoms with Crippen LogP contribution in [0, 0.1) is 6.92 Å². The first-order valence-electron chi connectivity index (χ1n) is 9.13. The molecule has 0 atom stereocenters. The van der Waals surface area contributed by atoms with Crippen LogP contribution in [0.3, 0.4) is 0 Å². The Morgan fingerprint density at radius 2 is 1.89 bits per heavy atom. The Bertz CT molecular complexity index is 714. The fourth-order valence-electron chi connectivity index (χ4n) is 2.45. The van der Waals surface area contributed by atoms with Crippen LogP contribution in [0.5, 0.6) is 0 Å². The van der Waals surface area contributed by atoms with Crippen molar-refractivity contribution in [3.05, 3.63) is 21.6 Å². The number of hydrogen-bond donors (Lipinski definition) is 3. The Labute approximate surface area is 158 Å². The minimum Gasteiger partial charge on any atom is -0.466 e. The van der Waals surface area contributed by atoms with Crippen molar-refractivity contribution in [3.8, 4) is 0 Å². The number of rotatable bonds is 11. The number of unbranched alkanes of at least 4 members (excludes halogenated alkanes) is 2. The van der Waals surface area contributed by atoms with Crippen LogP contribution < -0.4 is 16.2 Å². The molecule has 0 spiro atoms. The second kappa shape index (κ2) is 11.8. The van der Waals surface area contributed by atoms with E-state index >= 15 is 0 Å². The largest absolute Gasteiger partial charge is 0.466 e. The number of ether oxygens (including phenoxy) is 1. The highest BCUT2D eigenvalue weighted by atomic mass is 16.5. The average molecular weight is 380 g/mol. The molecule has 0 radical (unpaired) electrons. The molecular weight excluding hydrogens is 352 g/mol. The minimum absolute atomic E-state index is 0.0477. The number of nitrogens with zero attached hydrogens (tertiary/aromatic N) is 1. The highest BCUT2D eigenvalue weighted by Gasteiger charge is 2.12. The quantitative estimate of drug-likeness (QED) is 0.397. The molecular formula is C18H28N4O5. The van der Waals surface area contributed by atoms with Crippen LogP contribution in [0.4, 0.5) is 10.7 Å². The molecule has 0 saturated carbocycles. The van der Waals surface area contributed by atoms with Crippen LogP contribution in [-0.4, -0.2) is 40.9 Å². The maximum atomic E-state index is 12.1. The van der Waals surface area contributed by atoms with E-state index in [0.29, 0.717) is 30.8 Å². The molecule has 0 aliphatic carbocycles. The van der Waals surface area contributed by atoms with E-state index in [9.17, 15) is 19.2 Å². The first-order chi connectivity index (χ1) is 12.8. The van der Waals surface area contributed by atoms with Crippen LogP contribution >= 0.6 is 0 Å². The zero-order valence-electron chi connectivity index (χ0n) is 16.1. The summed E-state index contributed by atoms with van der Waals surface area (Å²) in [6.45, 7) is 5.71. The average Bonchev–Trinajstić information content (AvgIpc) is 2.57. The number of Topliss-reactive ketones (excluding diaryl/α,β-unsaturated/α-hetero) is 1. The van der Waals surface area contributed by atoms with E-state index in [1.54, 1.807) is 20.8 Å². The molecule has 0 unspecified atom stereocenters. The zero-order chi connectivity index (χ0) is 20.2. The number of amides is 2. The van der Waals surface area contributed by atoms with Gasteiger partial charge in [0.05, 0.1) is 6.61 Å². The number of ketones is 1. The van der Waals surface area contributed by atoms with E-state index in [1.807, 2.05) is 0 Å². The van der Waals surface area contributed by atoms with E-state index in [-0.39, 0.29) is 30.5 Å². The third kappa shape index (κ3) is 8.98. The molecule has 9 heteroatoms. The molecule has 0 aromatic carbocycles. The van der Waals surface area contributed by atoms with Gasteiger partial charge in [-0.15, -0.1) is 0 Å². The number of aromatic nitrogens is 2. The van der Waals surface area contributed by atoms with Gasteiger partial charge in [-0.05, 0) is 40.0 Å². The van der Waals surface area contributed by atoms with E-state index < -0.39 is 11.6 Å². The molecule has 2 amide bonds. The highest BCUT2D eigenvalue weighted by molar-refractivity contribution is 5.87. The number of hydrogen-bond acceptors (Lipinski definition) is 6. The number of H-pyrrole nitrogens is 1. The lowest BCUT2D eigenvalue weighted by molar-refractivity contribution is -0.143. The number of carbonyl (C=O) groups excluding carboxylic acids is 3. The lowest BCUT2D eigenvalue weighted by Crippen LogP contribution is -2.31. The lowest BCUT2D eigenvalue weighted by Gasteiger charge is -2.09. The standard InChI is InChI=1S/C18H28N4O5/c1-4-27-15(24)10-9-14-13(3)20-17(21-16(14)25)22-18(26)19-11-7-5-6-8-12(2)23/h4-11H2,1-3H3,(H3,19,20,21,22,25,26). The Balaban J connectivity index is 2.47. The Morgan fingerprint density at radius 3 is 2.52 bits per heavy atom. The third-order valence-corrected chi connectivity index (χ3v) is 3.84. The van der Waals surface area contributed by atoms with Crippen molar-refractivity contribution in [2.24, 2.45) is 0 Å². The van der Waals surface area contributed by atoms with Gasteiger partial charge >= 0.3 is 12.0 Å². The number of aromatic amines is 1. The maximum absolute atomic E-state index is 12.1. The van der Waals surface area contributed by atoms with Crippen LogP contribution in [0.2, 0.25) is 0 Å². The van der Waals surface area contributed by atoms with Gasteiger partial charge in [0, 0.05) is 30.6 Å². The summed E-state index contributed by atoms with van der Waals surface area (Å²) in [4.78, 5) is 52.9. The van der Waals surface area contributed by atoms with Gasteiger partial charge in [-0.2, -0.15) is 4.98 Å². The number of aryl methyl sites for hydroxylation is 1. The highest BCUT2D eigenvalue weighted by Crippen LogP contribution is 2.06. The van der Waals surface area contributed by atoms with E-state index in [4.69, 9.17) is 4.74 Å². The van der Waals surface area contributed by atoms with Gasteiger partial charge in [-0.1, -0.05) is 6.42 Å². The molecule has 27 heavy (non-hydrogen) atoms. The van der Waals surface area contributed by atoms with Crippen LogP contribution in [0.15, 0.2) is 4.79 Å². The van der Waals surface area contributed by atoms with Gasteiger partial charge in [0.15, 0.2) is 0 Å². The van der Waals surface area contributed by atoms with Gasteiger partial charge < -0.3 is 19.8 Å². The van der Waals surface area contributed by atoms with E-state index in [0.717, 1.165) is 19.3 Å². The molecule has 1 heterocycles. The van der Waals surface area contributed by atoms with Gasteiger partial charge in [-0.25, -0.2) is 4.79 Å². The molecule has 0 fully saturated rings. The van der Waals surface area contributed by atoms with E-state index in [2.05, 4.69) is 20.6 Å². The minimum atomic E-state index is -0.491. The van der Waals surface area contributed by atoms with Crippen molar-refractivity contribution in [2.75, 3.05) is 18.5 Å². The molecule has 0 saturated heterocycles. The van der Waals surface area contributed by atoms with Crippen LogP contribution in [0.1, 0.15) is 57.2 Å². The second-order valence-corrected chi connectivity index (χ2v) is 6.19. The lowest BCUT2D eigenvalue weighted by atomic mass is 10.1. The number of carbonyl (C=O) groups is 3. The second-order valence-electron chi connectivity index (χ2n) is 6.19. The number of esters is 1. The van der Waals surface area contributed by atoms with Crippen LogP contribution in [0.25, 0.3) is 0 Å². The topological polar surface area (TPSA) is 130 Å². The molecule has 0 bridgehead atoms. The number of nitrogens with one attached hydrogen (secondary N) is 3. The molecule has 9 nitrogen and oxygen atoms in total. The van der Waals surface area contributed by atoms with Gasteiger partial charge in [0.2, 0.25) is 5.95 Å². The number of anilines is 1. The van der Waals surface area contributed by atoms with E-state index in [1.165, 1.54) is 0 Å². The Hall–Kier alpha value is -2.71. The summed E-state index contributed by atoms with van der Waals surface area (Å²) >= 11 is 0. The molecule has 0 aliphatic rings. The van der Waals surface area contributed by atoms with Crippen molar-refractivity contribution in [1.29, 1.82) is 0 Å². The fraction of sp³-hybridized carbons (Fsp3) is 0.611. The first kappa shape index (κ1) is 22.3. The summed E-state index contributed by atoms with van der Waals surface area (Å²) in [5, 5.41) is 5.15. The molecule has 1 rings (SSSR count). The normalized spacial score (nSPS) is 10.3. The molecule has 0 aliphatic heterocycles. The van der Waals surface area contributed by atoms with Crippen molar-refractivity contribution in [1.82, 2.24) is 15.3 Å². The van der Waals surface area contributed by atoms with Gasteiger partial charge in [0.1, 0.15) is 5.78 Å². The maximum Gasteiger partial charge on any atom is 0.321 e. The van der Waals surface area contributed by atoms with Crippen molar-refractivity contribution >= 4 is 23.7 Å². The van der Waals surface area contributed by atoms with Crippen molar-refractivity contribution in [2.45, 2.75) is 59.3 Å². The predicted octanol–water partition coefficient (Wildman–Crippen LogP) is 1.84. The fourth-order valence-corrected chi connectivity index (χ4v) is 2.45. The monoisotopic (exact) mass is 380 g/mol. The number of urea groups is 1. The summed E-state index contributed by atoms with van der Waals surface area (Å²) in [6, 6.07) is -0.469. The zero-order valence-corrected chi connectivity index (χ0v) is 16.1. The van der Waals surface area contributed by atoms with Gasteiger partial charge in [0.25, 0.3) is 5.56 Å². The third-order valence-electron chi connectivity index (χ3n) is 3.84. The summed E-state index contributed by atoms with van der Waals surface area (Å²) in [5.41, 5.74) is 0.438. The summed E-state index contributed by atoms with van der Waals surface area (Å²) in [7, 11) is 0. The summed E-state index contributed by atoms with van der Waals surface area (Å²) in [6.07, 6.45) is 3.29. The Kier molecular flexibility index (Phi) is 9.78. The molecule has 1 aromatic rings. The molecule has 150 valence electrons.